The van der Waals surface area contributed by atoms with E-state index in [0.717, 1.165) is 71.6 Å². The van der Waals surface area contributed by atoms with Crippen molar-refractivity contribution in [1.82, 2.24) is 0 Å². The van der Waals surface area contributed by atoms with Crippen LogP contribution in [0, 0.1) is 0 Å². The second-order valence-corrected chi connectivity index (χ2v) is 13.8. The van der Waals surface area contributed by atoms with Crippen LogP contribution in [0.25, 0.3) is 0 Å². The summed E-state index contributed by atoms with van der Waals surface area (Å²) in [5.41, 5.74) is 6.18. The fourth-order valence-corrected chi connectivity index (χ4v) is 9.06. The minimum atomic E-state index is -0.180. The zero-order chi connectivity index (χ0) is 23.9. The summed E-state index contributed by atoms with van der Waals surface area (Å²) in [7, 11) is 7.09. The van der Waals surface area contributed by atoms with Gasteiger partial charge in [0, 0.05) is 68.0 Å². The quantitative estimate of drug-likeness (QED) is 0.147. The predicted octanol–water partition coefficient (Wildman–Crippen LogP) is 4.61. The Morgan fingerprint density at radius 1 is 0.594 bits per heavy atom. The van der Waals surface area contributed by atoms with Crippen LogP contribution in [0.15, 0.2) is 0 Å². The molecule has 0 heterocycles. The Balaban J connectivity index is 4.94. The van der Waals surface area contributed by atoms with Gasteiger partial charge in [-0.05, 0) is 82.4 Å². The smallest absolute Gasteiger partial charge is 0.0810 e. The van der Waals surface area contributed by atoms with Crippen molar-refractivity contribution in [2.45, 2.75) is 51.0 Å². The lowest BCUT2D eigenvalue weighted by Crippen LogP contribution is -2.42. The summed E-state index contributed by atoms with van der Waals surface area (Å²) in [5, 5.41) is 0. The molecule has 0 rings (SSSR count). The number of hydrogen-bond acceptors (Lipinski definition) is 6. The summed E-state index contributed by atoms with van der Waals surface area (Å²) in [6.07, 6.45) is 14.2. The minimum Gasteiger partial charge on any atom is -0.385 e. The van der Waals surface area contributed by atoms with Crippen LogP contribution >= 0.6 is 15.8 Å². The molecule has 0 saturated carbocycles. The van der Waals surface area contributed by atoms with E-state index in [9.17, 15) is 0 Å². The molecule has 0 amide bonds. The van der Waals surface area contributed by atoms with E-state index in [2.05, 4.69) is 6.92 Å². The Bertz CT molecular complexity index is 345. The summed E-state index contributed by atoms with van der Waals surface area (Å²) in [5.74, 6) is 0. The van der Waals surface area contributed by atoms with Gasteiger partial charge in [-0.3, -0.25) is 0 Å². The Morgan fingerprint density at radius 3 is 1.19 bits per heavy atom. The van der Waals surface area contributed by atoms with Crippen molar-refractivity contribution in [3.8, 4) is 0 Å². The van der Waals surface area contributed by atoms with Gasteiger partial charge in [0.15, 0.2) is 0 Å². The van der Waals surface area contributed by atoms with Gasteiger partial charge in [0.2, 0.25) is 0 Å². The van der Waals surface area contributed by atoms with E-state index in [4.69, 9.17) is 29.4 Å². The van der Waals surface area contributed by atoms with Gasteiger partial charge in [0.1, 0.15) is 0 Å². The normalized spacial score (nSPS) is 12.4. The number of rotatable bonds is 25. The van der Waals surface area contributed by atoms with Crippen LogP contribution in [0.2, 0.25) is 0 Å². The van der Waals surface area contributed by atoms with Crippen molar-refractivity contribution in [2.75, 3.05) is 105 Å². The maximum atomic E-state index is 6.38. The van der Waals surface area contributed by atoms with Crippen LogP contribution in [0.4, 0.5) is 0 Å². The molecule has 0 spiro atoms. The molecular weight excluding hydrogens is 444 g/mol. The monoisotopic (exact) mass is 497 g/mol. The number of methoxy groups -OCH3 is 4. The highest BCUT2D eigenvalue weighted by Gasteiger charge is 2.30. The lowest BCUT2D eigenvalue weighted by Gasteiger charge is -2.35. The largest absolute Gasteiger partial charge is 0.385 e. The first kappa shape index (κ1) is 32.6. The van der Waals surface area contributed by atoms with E-state index in [1.54, 1.807) is 28.4 Å². The molecule has 0 aromatic carbocycles. The summed E-state index contributed by atoms with van der Waals surface area (Å²) >= 11 is 0. The van der Waals surface area contributed by atoms with Crippen molar-refractivity contribution in [3.05, 3.63) is 0 Å². The van der Waals surface area contributed by atoms with Crippen molar-refractivity contribution >= 4 is 15.8 Å². The van der Waals surface area contributed by atoms with Gasteiger partial charge in [-0.1, -0.05) is 0 Å². The SMILES string of the molecule is CCOC(CN)(CCP(CCCOC)CCCOC)CCP(CCCOC)CCCOC. The molecule has 2 N–H and O–H groups in total. The van der Waals surface area contributed by atoms with Gasteiger partial charge in [-0.15, -0.1) is 15.8 Å². The molecule has 0 aliphatic heterocycles. The second-order valence-electron chi connectivity index (χ2n) is 8.39. The molecule has 0 aliphatic rings. The molecule has 8 heteroatoms. The molecule has 0 fully saturated rings. The van der Waals surface area contributed by atoms with Gasteiger partial charge in [-0.2, -0.15) is 0 Å². The average molecular weight is 498 g/mol. The van der Waals surface area contributed by atoms with Crippen LogP contribution in [0.3, 0.4) is 0 Å². The van der Waals surface area contributed by atoms with Crippen LogP contribution in [0.1, 0.15) is 45.4 Å². The third kappa shape index (κ3) is 17.1. The fourth-order valence-electron chi connectivity index (χ4n) is 3.96. The molecule has 0 saturated heterocycles. The molecule has 0 aromatic rings. The molecule has 32 heavy (non-hydrogen) atoms. The van der Waals surface area contributed by atoms with Crippen molar-refractivity contribution < 1.29 is 23.7 Å². The highest BCUT2D eigenvalue weighted by Crippen LogP contribution is 2.43. The maximum Gasteiger partial charge on any atom is 0.0810 e. The van der Waals surface area contributed by atoms with Gasteiger partial charge in [0.25, 0.3) is 0 Å². The Morgan fingerprint density at radius 2 is 0.938 bits per heavy atom. The summed E-state index contributed by atoms with van der Waals surface area (Å²) in [6, 6.07) is 0. The number of nitrogens with two attached hydrogens (primary N) is 1. The van der Waals surface area contributed by atoms with Crippen LogP contribution in [-0.4, -0.2) is 111 Å². The van der Waals surface area contributed by atoms with Crippen molar-refractivity contribution in [3.63, 3.8) is 0 Å². The van der Waals surface area contributed by atoms with Gasteiger partial charge in [-0.25, -0.2) is 0 Å². The predicted molar refractivity (Wildman–Crippen MR) is 142 cm³/mol. The summed E-state index contributed by atoms with van der Waals surface area (Å²) < 4.78 is 27.6. The van der Waals surface area contributed by atoms with E-state index in [1.165, 1.54) is 37.0 Å². The lowest BCUT2D eigenvalue weighted by atomic mass is 9.97. The first-order valence-corrected chi connectivity index (χ1v) is 16.1. The zero-order valence-electron chi connectivity index (χ0n) is 21.7. The average Bonchev–Trinajstić information content (AvgIpc) is 2.80. The second kappa shape index (κ2) is 23.4. The summed E-state index contributed by atoms with van der Waals surface area (Å²) in [6.45, 7) is 6.85. The first-order chi connectivity index (χ1) is 15.6. The van der Waals surface area contributed by atoms with Crippen LogP contribution < -0.4 is 5.73 Å². The highest BCUT2D eigenvalue weighted by atomic mass is 31.1. The molecule has 0 atom stereocenters. The van der Waals surface area contributed by atoms with Gasteiger partial charge < -0.3 is 29.4 Å². The fraction of sp³-hybridized carbons (Fsp3) is 1.00. The maximum absolute atomic E-state index is 6.38. The molecule has 0 aliphatic carbocycles. The molecule has 0 radical (unpaired) electrons. The van der Waals surface area contributed by atoms with Crippen molar-refractivity contribution in [1.29, 1.82) is 0 Å². The molecule has 0 aromatic heterocycles. The third-order valence-corrected chi connectivity index (χ3v) is 11.4. The van der Waals surface area contributed by atoms with E-state index in [-0.39, 0.29) is 21.4 Å². The standard InChI is InChI=1S/C24H53NO5P2/c1-6-30-24(23-25,11-21-31(17-7-13-26-2)18-8-14-27-3)12-22-32(19-9-15-28-4)20-10-16-29-5/h6-23,25H2,1-5H3. The number of ether oxygens (including phenoxy) is 5. The number of hydrogen-bond donors (Lipinski definition) is 1. The van der Waals surface area contributed by atoms with Gasteiger partial charge in [0.05, 0.1) is 5.60 Å². The lowest BCUT2D eigenvalue weighted by molar-refractivity contribution is -0.0364. The van der Waals surface area contributed by atoms with Crippen LogP contribution in [-0.2, 0) is 23.7 Å². The van der Waals surface area contributed by atoms with E-state index in [1.807, 2.05) is 0 Å². The van der Waals surface area contributed by atoms with E-state index in [0.29, 0.717) is 6.54 Å². The Kier molecular flexibility index (Phi) is 23.8. The minimum absolute atomic E-state index is 0.0373. The molecular formula is C24H53NO5P2. The molecule has 194 valence electrons. The van der Waals surface area contributed by atoms with E-state index < -0.39 is 0 Å². The third-order valence-electron chi connectivity index (χ3n) is 5.88. The highest BCUT2D eigenvalue weighted by molar-refractivity contribution is 7.57. The van der Waals surface area contributed by atoms with Crippen LogP contribution in [0.5, 0.6) is 0 Å². The topological polar surface area (TPSA) is 72.2 Å². The van der Waals surface area contributed by atoms with Gasteiger partial charge >= 0.3 is 0 Å². The Labute approximate surface area is 201 Å². The molecule has 0 bridgehead atoms. The first-order valence-electron chi connectivity index (χ1n) is 12.4. The Hall–Kier alpha value is 0.620. The van der Waals surface area contributed by atoms with E-state index >= 15 is 0 Å². The molecule has 6 nitrogen and oxygen atoms in total. The summed E-state index contributed by atoms with van der Waals surface area (Å²) in [4.78, 5) is 0. The zero-order valence-corrected chi connectivity index (χ0v) is 23.5. The molecule has 0 unspecified atom stereocenters. The van der Waals surface area contributed by atoms with Crippen molar-refractivity contribution in [2.24, 2.45) is 5.73 Å².